The van der Waals surface area contributed by atoms with Crippen LogP contribution in [0.4, 0.5) is 11.4 Å². The molecule has 1 N–H and O–H groups in total. The number of amides is 1. The van der Waals surface area contributed by atoms with Crippen molar-refractivity contribution in [2.45, 2.75) is 0 Å². The fraction of sp³-hybridized carbons (Fsp3) is 0.0690. The van der Waals surface area contributed by atoms with E-state index in [-0.39, 0.29) is 34.2 Å². The van der Waals surface area contributed by atoms with E-state index >= 15 is 0 Å². The zero-order valence-corrected chi connectivity index (χ0v) is 20.8. The lowest BCUT2D eigenvalue weighted by Crippen LogP contribution is -2.14. The van der Waals surface area contributed by atoms with Crippen LogP contribution in [0, 0.1) is 21.4 Å². The number of nitro benzene ring substituents is 1. The van der Waals surface area contributed by atoms with E-state index < -0.39 is 16.8 Å². The molecule has 4 aromatic carbocycles. The van der Waals surface area contributed by atoms with Gasteiger partial charge in [0.05, 0.1) is 36.5 Å². The molecule has 0 unspecified atom stereocenters. The van der Waals surface area contributed by atoms with Crippen molar-refractivity contribution >= 4 is 40.1 Å². The number of nitriles is 1. The van der Waals surface area contributed by atoms with Gasteiger partial charge in [-0.2, -0.15) is 5.26 Å². The van der Waals surface area contributed by atoms with Gasteiger partial charge in [-0.1, -0.05) is 42.5 Å². The molecule has 0 atom stereocenters. The summed E-state index contributed by atoms with van der Waals surface area (Å²) in [6, 6.07) is 22.9. The van der Waals surface area contributed by atoms with Gasteiger partial charge in [-0.25, -0.2) is 4.79 Å². The number of hydrogen-bond donors (Lipinski definition) is 1. The number of nitro groups is 1. The molecule has 194 valence electrons. The van der Waals surface area contributed by atoms with E-state index in [0.717, 1.165) is 16.8 Å². The van der Waals surface area contributed by atoms with Crippen molar-refractivity contribution in [2.75, 3.05) is 19.5 Å². The minimum absolute atomic E-state index is 0.0638. The van der Waals surface area contributed by atoms with E-state index in [9.17, 15) is 25.0 Å². The van der Waals surface area contributed by atoms with E-state index in [0.29, 0.717) is 11.1 Å². The summed E-state index contributed by atoms with van der Waals surface area (Å²) >= 11 is 0. The van der Waals surface area contributed by atoms with Crippen molar-refractivity contribution < 1.29 is 28.7 Å². The molecule has 10 nitrogen and oxygen atoms in total. The van der Waals surface area contributed by atoms with Crippen molar-refractivity contribution in [1.29, 1.82) is 5.26 Å². The normalized spacial score (nSPS) is 10.8. The van der Waals surface area contributed by atoms with Gasteiger partial charge < -0.3 is 19.5 Å². The molecule has 0 aromatic heterocycles. The van der Waals surface area contributed by atoms with Crippen LogP contribution >= 0.6 is 0 Å². The highest BCUT2D eigenvalue weighted by atomic mass is 16.6. The molecule has 4 rings (SSSR count). The number of methoxy groups -OCH3 is 2. The van der Waals surface area contributed by atoms with Gasteiger partial charge >= 0.3 is 5.97 Å². The van der Waals surface area contributed by atoms with Gasteiger partial charge in [0.2, 0.25) is 0 Å². The van der Waals surface area contributed by atoms with Gasteiger partial charge in [0.15, 0.2) is 11.5 Å². The summed E-state index contributed by atoms with van der Waals surface area (Å²) in [4.78, 5) is 36.1. The van der Waals surface area contributed by atoms with Crippen LogP contribution in [0.25, 0.3) is 16.8 Å². The Morgan fingerprint density at radius 2 is 1.67 bits per heavy atom. The topological polar surface area (TPSA) is 141 Å². The lowest BCUT2D eigenvalue weighted by Gasteiger charge is -2.12. The Balaban J connectivity index is 1.56. The fourth-order valence-electron chi connectivity index (χ4n) is 3.82. The Morgan fingerprint density at radius 3 is 2.38 bits per heavy atom. The summed E-state index contributed by atoms with van der Waals surface area (Å²) in [6.45, 7) is 0. The second-order valence-electron chi connectivity index (χ2n) is 8.09. The number of anilines is 1. The molecule has 0 aliphatic rings. The van der Waals surface area contributed by atoms with Crippen LogP contribution in [0.2, 0.25) is 0 Å². The van der Waals surface area contributed by atoms with Crippen molar-refractivity contribution in [3.05, 3.63) is 106 Å². The molecule has 0 radical (unpaired) electrons. The summed E-state index contributed by atoms with van der Waals surface area (Å²) in [5, 5.41) is 24.7. The van der Waals surface area contributed by atoms with Crippen molar-refractivity contribution in [2.24, 2.45) is 0 Å². The second kappa shape index (κ2) is 11.6. The number of benzene rings is 4. The molecule has 0 heterocycles. The maximum Gasteiger partial charge on any atom is 0.344 e. The Labute approximate surface area is 222 Å². The standard InChI is InChI=1S/C29H21N3O7/c1-37-26-16-21(32(35)36)11-12-24(26)31-28(33)20(17-30)14-18-10-13-25(27(15-18)38-2)39-29(34)23-9-5-7-19-6-3-4-8-22(19)23/h3-16H,1-2H3,(H,31,33)/b20-14-. The molecule has 4 aromatic rings. The summed E-state index contributed by atoms with van der Waals surface area (Å²) in [6.07, 6.45) is 1.33. The van der Waals surface area contributed by atoms with Gasteiger partial charge in [0.25, 0.3) is 11.6 Å². The maximum atomic E-state index is 12.9. The number of rotatable bonds is 8. The van der Waals surface area contributed by atoms with Crippen LogP contribution in [0.15, 0.2) is 84.4 Å². The Kier molecular flexibility index (Phi) is 7.83. The average Bonchev–Trinajstić information content (AvgIpc) is 2.96. The lowest BCUT2D eigenvalue weighted by atomic mass is 10.0. The molecule has 0 aliphatic carbocycles. The van der Waals surface area contributed by atoms with Crippen LogP contribution < -0.4 is 19.5 Å². The monoisotopic (exact) mass is 523 g/mol. The predicted molar refractivity (Wildman–Crippen MR) is 144 cm³/mol. The molecule has 0 saturated heterocycles. The number of nitrogens with zero attached hydrogens (tertiary/aromatic N) is 2. The largest absolute Gasteiger partial charge is 0.494 e. The Morgan fingerprint density at radius 1 is 0.923 bits per heavy atom. The second-order valence-corrected chi connectivity index (χ2v) is 8.09. The first kappa shape index (κ1) is 26.4. The highest BCUT2D eigenvalue weighted by molar-refractivity contribution is 6.10. The quantitative estimate of drug-likeness (QED) is 0.0794. The molecule has 0 spiro atoms. The molecule has 39 heavy (non-hydrogen) atoms. The Bertz CT molecular complexity index is 1670. The highest BCUT2D eigenvalue weighted by Crippen LogP contribution is 2.32. The number of carbonyl (C=O) groups is 2. The van der Waals surface area contributed by atoms with Crippen molar-refractivity contribution in [3.8, 4) is 23.3 Å². The van der Waals surface area contributed by atoms with Crippen molar-refractivity contribution in [3.63, 3.8) is 0 Å². The van der Waals surface area contributed by atoms with E-state index in [4.69, 9.17) is 14.2 Å². The average molecular weight is 524 g/mol. The van der Waals surface area contributed by atoms with Crippen LogP contribution in [-0.4, -0.2) is 31.0 Å². The first-order valence-electron chi connectivity index (χ1n) is 11.5. The van der Waals surface area contributed by atoms with Crippen molar-refractivity contribution in [1.82, 2.24) is 0 Å². The lowest BCUT2D eigenvalue weighted by molar-refractivity contribution is -0.384. The zero-order valence-electron chi connectivity index (χ0n) is 20.8. The molecule has 0 bridgehead atoms. The van der Waals surface area contributed by atoms with Crippen LogP contribution in [0.3, 0.4) is 0 Å². The fourth-order valence-corrected chi connectivity index (χ4v) is 3.82. The Hall–Kier alpha value is -5.69. The zero-order chi connectivity index (χ0) is 27.9. The van der Waals surface area contributed by atoms with E-state index in [2.05, 4.69) is 5.32 Å². The number of esters is 1. The molecular weight excluding hydrogens is 502 g/mol. The SMILES string of the molecule is COc1cc([N+](=O)[O-])ccc1NC(=O)/C(C#N)=C\c1ccc(OC(=O)c2cccc3ccccc23)c(OC)c1. The van der Waals surface area contributed by atoms with E-state index in [1.54, 1.807) is 18.2 Å². The summed E-state index contributed by atoms with van der Waals surface area (Å²) in [5.74, 6) is -0.885. The molecular formula is C29H21N3O7. The summed E-state index contributed by atoms with van der Waals surface area (Å²) in [5.41, 5.74) is 0.512. The van der Waals surface area contributed by atoms with Gasteiger partial charge in [-0.05, 0) is 46.7 Å². The molecule has 1 amide bonds. The number of nitrogens with one attached hydrogen (secondary N) is 1. The van der Waals surface area contributed by atoms with Crippen LogP contribution in [-0.2, 0) is 4.79 Å². The smallest absolute Gasteiger partial charge is 0.344 e. The third kappa shape index (κ3) is 5.84. The third-order valence-electron chi connectivity index (χ3n) is 5.72. The predicted octanol–water partition coefficient (Wildman–Crippen LogP) is 5.53. The third-order valence-corrected chi connectivity index (χ3v) is 5.72. The number of ether oxygens (including phenoxy) is 3. The summed E-state index contributed by atoms with van der Waals surface area (Å²) < 4.78 is 16.1. The minimum Gasteiger partial charge on any atom is -0.494 e. The van der Waals surface area contributed by atoms with Gasteiger partial charge in [-0.3, -0.25) is 14.9 Å². The van der Waals surface area contributed by atoms with E-state index in [1.165, 1.54) is 44.6 Å². The molecule has 0 fully saturated rings. The first-order valence-corrected chi connectivity index (χ1v) is 11.5. The van der Waals surface area contributed by atoms with Crippen LogP contribution in [0.5, 0.6) is 17.2 Å². The number of fused-ring (bicyclic) bond motifs is 1. The molecule has 0 aliphatic heterocycles. The number of non-ortho nitro benzene ring substituents is 1. The first-order chi connectivity index (χ1) is 18.8. The van der Waals surface area contributed by atoms with Gasteiger partial charge in [0, 0.05) is 6.07 Å². The van der Waals surface area contributed by atoms with Gasteiger partial charge in [0.1, 0.15) is 17.4 Å². The number of hydrogen-bond acceptors (Lipinski definition) is 8. The summed E-state index contributed by atoms with van der Waals surface area (Å²) in [7, 11) is 2.70. The highest BCUT2D eigenvalue weighted by Gasteiger charge is 2.18. The van der Waals surface area contributed by atoms with Crippen LogP contribution in [0.1, 0.15) is 15.9 Å². The van der Waals surface area contributed by atoms with E-state index in [1.807, 2.05) is 36.4 Å². The molecule has 0 saturated carbocycles. The minimum atomic E-state index is -0.755. The number of carbonyl (C=O) groups excluding carboxylic acids is 2. The molecule has 10 heteroatoms. The maximum absolute atomic E-state index is 12.9. The van der Waals surface area contributed by atoms with Gasteiger partial charge in [-0.15, -0.1) is 0 Å².